The summed E-state index contributed by atoms with van der Waals surface area (Å²) in [5.41, 5.74) is 1.61. The van der Waals surface area contributed by atoms with Crippen LogP contribution in [0.15, 0.2) is 64.7 Å². The van der Waals surface area contributed by atoms with Crippen molar-refractivity contribution in [2.24, 2.45) is 5.18 Å². The molecule has 2 rings (SSSR count). The van der Waals surface area contributed by atoms with E-state index in [9.17, 15) is 4.91 Å². The summed E-state index contributed by atoms with van der Waals surface area (Å²) in [6.45, 7) is 0. The molecule has 0 amide bonds. The van der Waals surface area contributed by atoms with Gasteiger partial charge < -0.3 is 0 Å². The van der Waals surface area contributed by atoms with Crippen LogP contribution in [-0.2, 0) is 5.75 Å². The molecule has 0 fully saturated rings. The van der Waals surface area contributed by atoms with E-state index in [2.05, 4.69) is 17.3 Å². The molecule has 0 atom stereocenters. The Morgan fingerprint density at radius 3 is 2.56 bits per heavy atom. The third kappa shape index (κ3) is 2.94. The molecule has 0 N–H and O–H groups in total. The van der Waals surface area contributed by atoms with Crippen molar-refractivity contribution in [3.63, 3.8) is 0 Å². The first-order valence-corrected chi connectivity index (χ1v) is 5.97. The zero-order valence-electron chi connectivity index (χ0n) is 8.67. The summed E-state index contributed by atoms with van der Waals surface area (Å²) in [4.78, 5) is 11.6. The Hall–Kier alpha value is -1.61. The molecular formula is C13H11NOS. The summed E-state index contributed by atoms with van der Waals surface area (Å²) in [5, 5.41) is 2.93. The Kier molecular flexibility index (Phi) is 3.72. The van der Waals surface area contributed by atoms with Gasteiger partial charge in [-0.25, -0.2) is 0 Å². The first-order valence-electron chi connectivity index (χ1n) is 4.98. The first-order chi connectivity index (χ1) is 7.88. The van der Waals surface area contributed by atoms with Gasteiger partial charge in [0, 0.05) is 10.6 Å². The van der Waals surface area contributed by atoms with E-state index in [4.69, 9.17) is 0 Å². The van der Waals surface area contributed by atoms with Gasteiger partial charge in [-0.05, 0) is 35.0 Å². The SMILES string of the molecule is O=Nc1cccc(CSc2ccccc2)c1. The monoisotopic (exact) mass is 229 g/mol. The normalized spacial score (nSPS) is 10.0. The number of thioether (sulfide) groups is 1. The lowest BCUT2D eigenvalue weighted by atomic mass is 10.2. The molecule has 80 valence electrons. The van der Waals surface area contributed by atoms with Crippen molar-refractivity contribution in [2.45, 2.75) is 10.6 Å². The number of benzene rings is 2. The zero-order chi connectivity index (χ0) is 11.2. The van der Waals surface area contributed by atoms with Gasteiger partial charge in [0.25, 0.3) is 0 Å². The van der Waals surface area contributed by atoms with Gasteiger partial charge >= 0.3 is 0 Å². The third-order valence-electron chi connectivity index (χ3n) is 2.16. The summed E-state index contributed by atoms with van der Waals surface area (Å²) in [7, 11) is 0. The van der Waals surface area contributed by atoms with E-state index in [1.54, 1.807) is 17.8 Å². The van der Waals surface area contributed by atoms with Gasteiger partial charge in [0.2, 0.25) is 0 Å². The Morgan fingerprint density at radius 2 is 1.81 bits per heavy atom. The fraction of sp³-hybridized carbons (Fsp3) is 0.0769. The number of nitrogens with zero attached hydrogens (tertiary/aromatic N) is 1. The molecule has 2 nitrogen and oxygen atoms in total. The van der Waals surface area contributed by atoms with Crippen molar-refractivity contribution in [3.8, 4) is 0 Å². The van der Waals surface area contributed by atoms with Crippen LogP contribution in [0.5, 0.6) is 0 Å². The number of nitroso groups, excluding NO2 is 1. The lowest BCUT2D eigenvalue weighted by Gasteiger charge is -2.01. The number of rotatable bonds is 4. The molecule has 0 radical (unpaired) electrons. The van der Waals surface area contributed by atoms with Crippen molar-refractivity contribution >= 4 is 17.4 Å². The summed E-state index contributed by atoms with van der Waals surface area (Å²) in [6.07, 6.45) is 0. The molecule has 0 unspecified atom stereocenters. The fourth-order valence-corrected chi connectivity index (χ4v) is 2.25. The molecule has 3 heteroatoms. The highest BCUT2D eigenvalue weighted by Gasteiger charge is 1.97. The largest absolute Gasteiger partial charge is 0.145 e. The Balaban J connectivity index is 2.02. The molecule has 0 aliphatic carbocycles. The highest BCUT2D eigenvalue weighted by atomic mass is 32.2. The van der Waals surface area contributed by atoms with Crippen LogP contribution in [0.1, 0.15) is 5.56 Å². The van der Waals surface area contributed by atoms with E-state index in [1.165, 1.54) is 4.90 Å². The van der Waals surface area contributed by atoms with Crippen molar-refractivity contribution in [1.82, 2.24) is 0 Å². The Bertz CT molecular complexity index is 470. The second kappa shape index (κ2) is 5.47. The van der Waals surface area contributed by atoms with E-state index in [1.807, 2.05) is 36.4 Å². The molecule has 0 bridgehead atoms. The zero-order valence-corrected chi connectivity index (χ0v) is 9.48. The van der Waals surface area contributed by atoms with Gasteiger partial charge in [-0.1, -0.05) is 30.3 Å². The molecule has 16 heavy (non-hydrogen) atoms. The van der Waals surface area contributed by atoms with Crippen LogP contribution < -0.4 is 0 Å². The number of hydrogen-bond acceptors (Lipinski definition) is 3. The highest BCUT2D eigenvalue weighted by Crippen LogP contribution is 2.24. The van der Waals surface area contributed by atoms with Crippen LogP contribution in [0.3, 0.4) is 0 Å². The molecule has 0 spiro atoms. The van der Waals surface area contributed by atoms with Crippen LogP contribution >= 0.6 is 11.8 Å². The van der Waals surface area contributed by atoms with Crippen molar-refractivity contribution in [1.29, 1.82) is 0 Å². The van der Waals surface area contributed by atoms with Gasteiger partial charge in [0.15, 0.2) is 0 Å². The second-order valence-corrected chi connectivity index (χ2v) is 4.41. The number of hydrogen-bond donors (Lipinski definition) is 0. The van der Waals surface area contributed by atoms with Gasteiger partial charge in [0.05, 0.1) is 0 Å². The van der Waals surface area contributed by atoms with Gasteiger partial charge in [-0.15, -0.1) is 16.7 Å². The Morgan fingerprint density at radius 1 is 1.00 bits per heavy atom. The average Bonchev–Trinajstić information content (AvgIpc) is 2.38. The van der Waals surface area contributed by atoms with E-state index in [-0.39, 0.29) is 0 Å². The predicted octanol–water partition coefficient (Wildman–Crippen LogP) is 4.38. The van der Waals surface area contributed by atoms with E-state index < -0.39 is 0 Å². The highest BCUT2D eigenvalue weighted by molar-refractivity contribution is 7.98. The molecule has 0 aliphatic heterocycles. The minimum Gasteiger partial charge on any atom is -0.145 e. The van der Waals surface area contributed by atoms with Crippen LogP contribution in [0.2, 0.25) is 0 Å². The second-order valence-electron chi connectivity index (χ2n) is 3.36. The van der Waals surface area contributed by atoms with Gasteiger partial charge in [-0.2, -0.15) is 0 Å². The maximum atomic E-state index is 10.4. The van der Waals surface area contributed by atoms with Crippen molar-refractivity contribution < 1.29 is 0 Å². The summed E-state index contributed by atoms with van der Waals surface area (Å²) in [5.74, 6) is 0.855. The minimum absolute atomic E-state index is 0.492. The van der Waals surface area contributed by atoms with Gasteiger partial charge in [-0.3, -0.25) is 0 Å². The average molecular weight is 229 g/mol. The molecule has 0 saturated carbocycles. The minimum atomic E-state index is 0.492. The molecular weight excluding hydrogens is 218 g/mol. The van der Waals surface area contributed by atoms with E-state index >= 15 is 0 Å². The van der Waals surface area contributed by atoms with Crippen molar-refractivity contribution in [3.05, 3.63) is 65.1 Å². The topological polar surface area (TPSA) is 29.4 Å². The summed E-state index contributed by atoms with van der Waals surface area (Å²) < 4.78 is 0. The van der Waals surface area contributed by atoms with Crippen LogP contribution in [-0.4, -0.2) is 0 Å². The first kappa shape index (κ1) is 10.9. The quantitative estimate of drug-likeness (QED) is 0.575. The smallest absolute Gasteiger partial charge is 0.108 e. The molecule has 0 heterocycles. The lowest BCUT2D eigenvalue weighted by Crippen LogP contribution is -1.79. The predicted molar refractivity (Wildman–Crippen MR) is 67.9 cm³/mol. The van der Waals surface area contributed by atoms with E-state index in [0.29, 0.717) is 5.69 Å². The van der Waals surface area contributed by atoms with E-state index in [0.717, 1.165) is 11.3 Å². The van der Waals surface area contributed by atoms with Crippen LogP contribution in [0, 0.1) is 4.91 Å². The lowest BCUT2D eigenvalue weighted by molar-refractivity contribution is 1.36. The maximum Gasteiger partial charge on any atom is 0.108 e. The van der Waals surface area contributed by atoms with Crippen molar-refractivity contribution in [2.75, 3.05) is 0 Å². The van der Waals surface area contributed by atoms with Crippen LogP contribution in [0.25, 0.3) is 0 Å². The molecule has 0 aromatic heterocycles. The maximum absolute atomic E-state index is 10.4. The molecule has 0 saturated heterocycles. The Labute approximate surface area is 98.7 Å². The molecule has 2 aromatic rings. The summed E-state index contributed by atoms with van der Waals surface area (Å²) >= 11 is 1.75. The molecule has 2 aromatic carbocycles. The van der Waals surface area contributed by atoms with Crippen LogP contribution in [0.4, 0.5) is 5.69 Å². The van der Waals surface area contributed by atoms with Gasteiger partial charge in [0.1, 0.15) is 5.69 Å². The third-order valence-corrected chi connectivity index (χ3v) is 3.25. The molecule has 0 aliphatic rings. The fourth-order valence-electron chi connectivity index (χ4n) is 1.39. The summed E-state index contributed by atoms with van der Waals surface area (Å²) in [6, 6.07) is 17.6. The standard InChI is InChI=1S/C13H11NOS/c15-14-12-6-4-5-11(9-12)10-16-13-7-2-1-3-8-13/h1-9H,10H2.